The molecule has 0 radical (unpaired) electrons. The summed E-state index contributed by atoms with van der Waals surface area (Å²) in [6.45, 7) is 2.38. The van der Waals surface area contributed by atoms with Gasteiger partial charge in [0, 0.05) is 21.8 Å². The monoisotopic (exact) mass is 237 g/mol. The van der Waals surface area contributed by atoms with Crippen molar-refractivity contribution in [3.8, 4) is 0 Å². The van der Waals surface area contributed by atoms with E-state index in [0.29, 0.717) is 10.8 Å². The highest BCUT2D eigenvalue weighted by atomic mass is 79.9. The zero-order valence-corrected chi connectivity index (χ0v) is 9.26. The fraction of sp³-hybridized carbons (Fsp3) is 0.545. The second-order valence-electron chi connectivity index (χ2n) is 4.98. The van der Waals surface area contributed by atoms with Gasteiger partial charge < -0.3 is 0 Å². The summed E-state index contributed by atoms with van der Waals surface area (Å²) in [6.07, 6.45) is 5.98. The number of nitrogens with zero attached hydrogens (tertiary/aromatic N) is 1. The summed E-state index contributed by atoms with van der Waals surface area (Å²) in [5.74, 6) is 0. The number of pyridine rings is 1. The van der Waals surface area contributed by atoms with Crippen molar-refractivity contribution >= 4 is 15.9 Å². The van der Waals surface area contributed by atoms with Crippen LogP contribution in [0, 0.1) is 5.41 Å². The molecule has 1 nitrogen and oxygen atoms in total. The Morgan fingerprint density at radius 3 is 2.46 bits per heavy atom. The second-order valence-corrected chi connectivity index (χ2v) is 5.90. The summed E-state index contributed by atoms with van der Waals surface area (Å²) in [5.41, 5.74) is 2.46. The van der Waals surface area contributed by atoms with Crippen molar-refractivity contribution in [3.63, 3.8) is 0 Å². The summed E-state index contributed by atoms with van der Waals surface area (Å²) >= 11 is 3.41. The van der Waals surface area contributed by atoms with E-state index in [0.717, 1.165) is 4.47 Å². The zero-order valence-electron chi connectivity index (χ0n) is 7.68. The summed E-state index contributed by atoms with van der Waals surface area (Å²) in [7, 11) is 0. The van der Waals surface area contributed by atoms with Crippen molar-refractivity contribution in [1.29, 1.82) is 0 Å². The SMILES string of the molecule is CC12CC(c3ccc(Br)cn3)(C1)C2. The second kappa shape index (κ2) is 2.17. The summed E-state index contributed by atoms with van der Waals surface area (Å²) in [4.78, 5) is 4.49. The number of aromatic nitrogens is 1. The lowest BCUT2D eigenvalue weighted by atomic mass is 9.35. The lowest BCUT2D eigenvalue weighted by Crippen LogP contribution is -2.63. The van der Waals surface area contributed by atoms with Gasteiger partial charge in [-0.05, 0) is 52.7 Å². The molecule has 3 saturated carbocycles. The molecule has 0 amide bonds. The first-order chi connectivity index (χ1) is 6.12. The standard InChI is InChI=1S/C11H12BrN/c1-10-5-11(6-10,7-10)9-3-2-8(12)4-13-9/h2-4H,5-7H2,1H3. The molecule has 2 bridgehead atoms. The molecule has 3 aliphatic carbocycles. The van der Waals surface area contributed by atoms with Crippen molar-refractivity contribution in [1.82, 2.24) is 4.98 Å². The average molecular weight is 238 g/mol. The van der Waals surface area contributed by atoms with E-state index in [1.54, 1.807) is 0 Å². The van der Waals surface area contributed by atoms with Crippen molar-refractivity contribution in [2.45, 2.75) is 31.6 Å². The van der Waals surface area contributed by atoms with Crippen LogP contribution in [0.4, 0.5) is 0 Å². The highest BCUT2D eigenvalue weighted by Gasteiger charge is 2.66. The molecule has 13 heavy (non-hydrogen) atoms. The van der Waals surface area contributed by atoms with Crippen molar-refractivity contribution in [2.24, 2.45) is 5.41 Å². The molecule has 2 heteroatoms. The van der Waals surface area contributed by atoms with Crippen LogP contribution in [0.3, 0.4) is 0 Å². The Hall–Kier alpha value is -0.370. The molecule has 0 aliphatic heterocycles. The molecule has 0 spiro atoms. The first-order valence-corrected chi connectivity index (χ1v) is 5.53. The van der Waals surface area contributed by atoms with Gasteiger partial charge in [-0.2, -0.15) is 0 Å². The largest absolute Gasteiger partial charge is 0.260 e. The van der Waals surface area contributed by atoms with E-state index >= 15 is 0 Å². The van der Waals surface area contributed by atoms with Crippen LogP contribution in [0.15, 0.2) is 22.8 Å². The normalized spacial score (nSPS) is 40.8. The number of rotatable bonds is 1. The maximum absolute atomic E-state index is 4.49. The molecule has 0 saturated heterocycles. The Kier molecular flexibility index (Phi) is 1.33. The van der Waals surface area contributed by atoms with E-state index < -0.39 is 0 Å². The van der Waals surface area contributed by atoms with Gasteiger partial charge in [0.2, 0.25) is 0 Å². The smallest absolute Gasteiger partial charge is 0.0466 e. The van der Waals surface area contributed by atoms with Gasteiger partial charge in [0.15, 0.2) is 0 Å². The highest BCUT2D eigenvalue weighted by molar-refractivity contribution is 9.10. The summed E-state index contributed by atoms with van der Waals surface area (Å²) in [6, 6.07) is 4.27. The van der Waals surface area contributed by atoms with Crippen LogP contribution in [0.1, 0.15) is 31.9 Å². The molecule has 0 N–H and O–H groups in total. The van der Waals surface area contributed by atoms with E-state index in [1.807, 2.05) is 6.20 Å². The first kappa shape index (κ1) is 7.98. The zero-order chi connectivity index (χ0) is 9.10. The molecule has 68 valence electrons. The number of halogens is 1. The van der Waals surface area contributed by atoms with Gasteiger partial charge in [-0.15, -0.1) is 0 Å². The first-order valence-electron chi connectivity index (χ1n) is 4.74. The maximum atomic E-state index is 4.49. The fourth-order valence-electron chi connectivity index (χ4n) is 3.26. The third kappa shape index (κ3) is 0.954. The number of hydrogen-bond donors (Lipinski definition) is 0. The van der Waals surface area contributed by atoms with Crippen LogP contribution in [0.25, 0.3) is 0 Å². The fourth-order valence-corrected chi connectivity index (χ4v) is 3.49. The predicted octanol–water partition coefficient (Wildman–Crippen LogP) is 3.29. The summed E-state index contributed by atoms with van der Waals surface area (Å²) in [5, 5.41) is 0. The van der Waals surface area contributed by atoms with Crippen LogP contribution >= 0.6 is 15.9 Å². The van der Waals surface area contributed by atoms with Gasteiger partial charge >= 0.3 is 0 Å². The summed E-state index contributed by atoms with van der Waals surface area (Å²) < 4.78 is 1.08. The van der Waals surface area contributed by atoms with Crippen LogP contribution in [-0.4, -0.2) is 4.98 Å². The maximum Gasteiger partial charge on any atom is 0.0466 e. The minimum absolute atomic E-state index is 0.482. The molecule has 1 aromatic rings. The Bertz CT molecular complexity index is 335. The van der Waals surface area contributed by atoms with Gasteiger partial charge in [0.05, 0.1) is 0 Å². The topological polar surface area (TPSA) is 12.9 Å². The van der Waals surface area contributed by atoms with Gasteiger partial charge in [-0.25, -0.2) is 0 Å². The van der Waals surface area contributed by atoms with Gasteiger partial charge in [-0.1, -0.05) is 6.92 Å². The third-order valence-electron chi connectivity index (χ3n) is 3.57. The molecule has 0 aromatic carbocycles. The van der Waals surface area contributed by atoms with E-state index in [-0.39, 0.29) is 0 Å². The molecule has 0 atom stereocenters. The Morgan fingerprint density at radius 1 is 1.31 bits per heavy atom. The van der Waals surface area contributed by atoms with Crippen LogP contribution in [0.2, 0.25) is 0 Å². The predicted molar refractivity (Wildman–Crippen MR) is 55.6 cm³/mol. The average Bonchev–Trinajstić information content (AvgIpc) is 1.99. The van der Waals surface area contributed by atoms with Crippen molar-refractivity contribution < 1.29 is 0 Å². The van der Waals surface area contributed by atoms with Crippen LogP contribution in [0.5, 0.6) is 0 Å². The molecule has 3 aliphatic rings. The molecule has 1 aromatic heterocycles. The molecular formula is C11H12BrN. The van der Waals surface area contributed by atoms with Crippen LogP contribution < -0.4 is 0 Å². The highest BCUT2D eigenvalue weighted by Crippen LogP contribution is 2.72. The van der Waals surface area contributed by atoms with Gasteiger partial charge in [0.1, 0.15) is 0 Å². The third-order valence-corrected chi connectivity index (χ3v) is 4.04. The molecular weight excluding hydrogens is 226 g/mol. The lowest BCUT2D eigenvalue weighted by molar-refractivity contribution is -0.128. The Morgan fingerprint density at radius 2 is 2.00 bits per heavy atom. The quantitative estimate of drug-likeness (QED) is 0.731. The Balaban J connectivity index is 1.91. The van der Waals surface area contributed by atoms with E-state index in [9.17, 15) is 0 Å². The molecule has 1 heterocycles. The van der Waals surface area contributed by atoms with E-state index in [2.05, 4.69) is 40.0 Å². The van der Waals surface area contributed by atoms with Gasteiger partial charge in [-0.3, -0.25) is 4.98 Å². The number of hydrogen-bond acceptors (Lipinski definition) is 1. The minimum atomic E-state index is 0.482. The molecule has 4 rings (SSSR count). The van der Waals surface area contributed by atoms with Crippen LogP contribution in [-0.2, 0) is 5.41 Å². The minimum Gasteiger partial charge on any atom is -0.260 e. The molecule has 3 fully saturated rings. The van der Waals surface area contributed by atoms with E-state index in [1.165, 1.54) is 25.0 Å². The molecule has 0 unspecified atom stereocenters. The Labute approximate surface area is 86.7 Å². The lowest BCUT2D eigenvalue weighted by Gasteiger charge is -2.69. The van der Waals surface area contributed by atoms with Crippen molar-refractivity contribution in [3.05, 3.63) is 28.5 Å². The van der Waals surface area contributed by atoms with E-state index in [4.69, 9.17) is 0 Å². The van der Waals surface area contributed by atoms with Crippen molar-refractivity contribution in [2.75, 3.05) is 0 Å². The van der Waals surface area contributed by atoms with Gasteiger partial charge in [0.25, 0.3) is 0 Å².